The average molecular weight is 487 g/mol. The molecule has 0 spiro atoms. The monoisotopic (exact) mass is 486 g/mol. The normalized spacial score (nSPS) is 13.4. The van der Waals surface area contributed by atoms with Gasteiger partial charge in [-0.25, -0.2) is 0 Å². The Morgan fingerprint density at radius 2 is 1.77 bits per heavy atom. The third-order valence-corrected chi connectivity index (χ3v) is 6.63. The van der Waals surface area contributed by atoms with Gasteiger partial charge in [0.15, 0.2) is 16.8 Å². The number of hydrogen-bond donors (Lipinski definition) is 0. The standard InChI is InChI=1S/C23H27BrN4OS/c1-5-20(27(3)4)22-25-26-23(28(22)15-17-9-7-6-8-10-17)30-16(2)21(29)18-11-13-19(24)14-12-18/h6-14,16,20H,5,15H2,1-4H3/t16-,20-/m0/s1. The van der Waals surface area contributed by atoms with Crippen molar-refractivity contribution in [2.45, 2.75) is 43.3 Å². The lowest BCUT2D eigenvalue weighted by Crippen LogP contribution is -2.23. The lowest BCUT2D eigenvalue weighted by Gasteiger charge is -2.23. The number of benzene rings is 2. The fourth-order valence-corrected chi connectivity index (χ4v) is 4.58. The number of Topliss-reactive ketones (excluding diaryl/α,β-unsaturated/α-hetero) is 1. The number of halogens is 1. The molecule has 7 heteroatoms. The van der Waals surface area contributed by atoms with Gasteiger partial charge in [-0.3, -0.25) is 9.69 Å². The third kappa shape index (κ3) is 5.39. The molecule has 0 saturated carbocycles. The van der Waals surface area contributed by atoms with E-state index >= 15 is 0 Å². The Labute approximate surface area is 191 Å². The SMILES string of the molecule is CC[C@@H](c1nnc(S[C@@H](C)C(=O)c2ccc(Br)cc2)n1Cc1ccccc1)N(C)C. The minimum Gasteiger partial charge on any atom is -0.300 e. The Morgan fingerprint density at radius 1 is 1.10 bits per heavy atom. The zero-order chi connectivity index (χ0) is 21.7. The smallest absolute Gasteiger partial charge is 0.192 e. The summed E-state index contributed by atoms with van der Waals surface area (Å²) in [6.07, 6.45) is 0.929. The number of hydrogen-bond acceptors (Lipinski definition) is 5. The molecule has 0 amide bonds. The molecule has 3 aromatic rings. The van der Waals surface area contributed by atoms with Gasteiger partial charge in [0.25, 0.3) is 0 Å². The molecular formula is C23H27BrN4OS. The molecule has 2 atom stereocenters. The number of thioether (sulfide) groups is 1. The number of carbonyl (C=O) groups is 1. The van der Waals surface area contributed by atoms with Crippen LogP contribution in [0.3, 0.4) is 0 Å². The maximum atomic E-state index is 12.9. The molecule has 158 valence electrons. The minimum absolute atomic E-state index is 0.0861. The van der Waals surface area contributed by atoms with Crippen LogP contribution in [0, 0.1) is 0 Å². The van der Waals surface area contributed by atoms with Crippen LogP contribution in [0.25, 0.3) is 0 Å². The van der Waals surface area contributed by atoms with Crippen LogP contribution >= 0.6 is 27.7 Å². The first-order valence-corrected chi connectivity index (χ1v) is 11.7. The van der Waals surface area contributed by atoms with Crippen LogP contribution in [-0.2, 0) is 6.54 Å². The number of nitrogens with zero attached hydrogens (tertiary/aromatic N) is 4. The highest BCUT2D eigenvalue weighted by Gasteiger charge is 2.25. The molecule has 0 aliphatic carbocycles. The molecule has 0 aliphatic rings. The molecule has 1 heterocycles. The van der Waals surface area contributed by atoms with Gasteiger partial charge >= 0.3 is 0 Å². The van der Waals surface area contributed by atoms with E-state index in [-0.39, 0.29) is 17.1 Å². The van der Waals surface area contributed by atoms with Gasteiger partial charge < -0.3 is 4.57 Å². The van der Waals surface area contributed by atoms with Crippen molar-refractivity contribution in [3.05, 3.63) is 76.0 Å². The topological polar surface area (TPSA) is 51.0 Å². The highest BCUT2D eigenvalue weighted by atomic mass is 79.9. The molecule has 2 aromatic carbocycles. The van der Waals surface area contributed by atoms with E-state index in [0.717, 1.165) is 21.9 Å². The van der Waals surface area contributed by atoms with Crippen molar-refractivity contribution in [2.75, 3.05) is 14.1 Å². The number of ketones is 1. The predicted molar refractivity (Wildman–Crippen MR) is 126 cm³/mol. The molecule has 1 aromatic heterocycles. The zero-order valence-electron chi connectivity index (χ0n) is 17.7. The molecule has 30 heavy (non-hydrogen) atoms. The van der Waals surface area contributed by atoms with Gasteiger partial charge in [0.05, 0.1) is 17.8 Å². The molecule has 0 aliphatic heterocycles. The first kappa shape index (κ1) is 22.7. The van der Waals surface area contributed by atoms with E-state index in [1.54, 1.807) is 0 Å². The van der Waals surface area contributed by atoms with Gasteiger partial charge in [-0.05, 0) is 45.1 Å². The third-order valence-electron chi connectivity index (χ3n) is 5.02. The van der Waals surface area contributed by atoms with Gasteiger partial charge in [-0.2, -0.15) is 0 Å². The second kappa shape index (κ2) is 10.4. The number of carbonyl (C=O) groups excluding carboxylic acids is 1. The van der Waals surface area contributed by atoms with E-state index in [2.05, 4.69) is 68.7 Å². The van der Waals surface area contributed by atoms with Gasteiger partial charge in [0, 0.05) is 10.0 Å². The van der Waals surface area contributed by atoms with Crippen molar-refractivity contribution in [1.29, 1.82) is 0 Å². The fourth-order valence-electron chi connectivity index (χ4n) is 3.39. The number of rotatable bonds is 9. The summed E-state index contributed by atoms with van der Waals surface area (Å²) in [5, 5.41) is 9.52. The Kier molecular flexibility index (Phi) is 7.86. The van der Waals surface area contributed by atoms with E-state index in [9.17, 15) is 4.79 Å². The van der Waals surface area contributed by atoms with Crippen LogP contribution in [0.1, 0.15) is 48.1 Å². The van der Waals surface area contributed by atoms with Crippen molar-refractivity contribution in [1.82, 2.24) is 19.7 Å². The fraction of sp³-hybridized carbons (Fsp3) is 0.348. The number of aromatic nitrogens is 3. The molecule has 0 radical (unpaired) electrons. The molecule has 0 fully saturated rings. The van der Waals surface area contributed by atoms with Crippen LogP contribution in [0.5, 0.6) is 0 Å². The van der Waals surface area contributed by atoms with Gasteiger partial charge in [0.2, 0.25) is 0 Å². The van der Waals surface area contributed by atoms with E-state index < -0.39 is 0 Å². The van der Waals surface area contributed by atoms with Crippen molar-refractivity contribution < 1.29 is 4.79 Å². The Bertz CT molecular complexity index is 973. The Hall–Kier alpha value is -1.96. The Balaban J connectivity index is 1.90. The lowest BCUT2D eigenvalue weighted by molar-refractivity contribution is 0.0994. The summed E-state index contributed by atoms with van der Waals surface area (Å²) in [4.78, 5) is 15.1. The van der Waals surface area contributed by atoms with Crippen molar-refractivity contribution in [3.63, 3.8) is 0 Å². The summed E-state index contributed by atoms with van der Waals surface area (Å²) in [6, 6.07) is 17.9. The summed E-state index contributed by atoms with van der Waals surface area (Å²) >= 11 is 4.89. The molecule has 0 saturated heterocycles. The van der Waals surface area contributed by atoms with E-state index in [1.807, 2.05) is 49.4 Å². The highest BCUT2D eigenvalue weighted by Crippen LogP contribution is 2.29. The molecule has 0 N–H and O–H groups in total. The summed E-state index contributed by atoms with van der Waals surface area (Å²) in [7, 11) is 4.12. The quantitative estimate of drug-likeness (QED) is 0.296. The van der Waals surface area contributed by atoms with E-state index in [4.69, 9.17) is 0 Å². The van der Waals surface area contributed by atoms with E-state index in [0.29, 0.717) is 12.1 Å². The lowest BCUT2D eigenvalue weighted by atomic mass is 10.1. The summed E-state index contributed by atoms with van der Waals surface area (Å²) < 4.78 is 3.11. The molecule has 3 rings (SSSR count). The van der Waals surface area contributed by atoms with Crippen LogP contribution in [-0.4, -0.2) is 44.8 Å². The van der Waals surface area contributed by atoms with Crippen molar-refractivity contribution >= 4 is 33.5 Å². The molecule has 5 nitrogen and oxygen atoms in total. The highest BCUT2D eigenvalue weighted by molar-refractivity contribution is 9.10. The minimum atomic E-state index is -0.266. The summed E-state index contributed by atoms with van der Waals surface area (Å²) in [5.74, 6) is 1.01. The average Bonchev–Trinajstić information content (AvgIpc) is 3.11. The summed E-state index contributed by atoms with van der Waals surface area (Å²) in [6.45, 7) is 4.76. The van der Waals surface area contributed by atoms with Crippen molar-refractivity contribution in [2.24, 2.45) is 0 Å². The maximum absolute atomic E-state index is 12.9. The predicted octanol–water partition coefficient (Wildman–Crippen LogP) is 5.47. The Morgan fingerprint density at radius 3 is 2.37 bits per heavy atom. The summed E-state index contributed by atoms with van der Waals surface area (Å²) in [5.41, 5.74) is 1.88. The van der Waals surface area contributed by atoms with Crippen LogP contribution in [0.4, 0.5) is 0 Å². The van der Waals surface area contributed by atoms with Gasteiger partial charge in [0.1, 0.15) is 0 Å². The van der Waals surface area contributed by atoms with Gasteiger partial charge in [-0.1, -0.05) is 77.1 Å². The van der Waals surface area contributed by atoms with Crippen molar-refractivity contribution in [3.8, 4) is 0 Å². The van der Waals surface area contributed by atoms with Crippen LogP contribution in [0.15, 0.2) is 64.2 Å². The first-order chi connectivity index (χ1) is 14.4. The van der Waals surface area contributed by atoms with Gasteiger partial charge in [-0.15, -0.1) is 10.2 Å². The molecule has 0 bridgehead atoms. The first-order valence-electron chi connectivity index (χ1n) is 10.0. The maximum Gasteiger partial charge on any atom is 0.192 e. The molecular weight excluding hydrogens is 460 g/mol. The van der Waals surface area contributed by atoms with Crippen LogP contribution in [0.2, 0.25) is 0 Å². The van der Waals surface area contributed by atoms with E-state index in [1.165, 1.54) is 17.3 Å². The second-order valence-electron chi connectivity index (χ2n) is 7.43. The molecule has 0 unspecified atom stereocenters. The second-order valence-corrected chi connectivity index (χ2v) is 9.66. The largest absolute Gasteiger partial charge is 0.300 e. The van der Waals surface area contributed by atoms with Crippen LogP contribution < -0.4 is 0 Å². The zero-order valence-corrected chi connectivity index (χ0v) is 20.2.